The summed E-state index contributed by atoms with van der Waals surface area (Å²) >= 11 is 0. The number of carboxylic acids is 1. The number of carboxylic acid groups (broad SMARTS) is 1. The lowest BCUT2D eigenvalue weighted by Gasteiger charge is -2.26. The van der Waals surface area contributed by atoms with Crippen LogP contribution >= 0.6 is 0 Å². The van der Waals surface area contributed by atoms with Gasteiger partial charge in [0.05, 0.1) is 12.0 Å². The van der Waals surface area contributed by atoms with Crippen LogP contribution in [0.15, 0.2) is 48.5 Å². The molecule has 0 aliphatic carbocycles. The molecule has 1 saturated heterocycles. The van der Waals surface area contributed by atoms with Crippen molar-refractivity contribution >= 4 is 12.0 Å². The number of carbonyl (C=O) groups is 2. The second-order valence-corrected chi connectivity index (χ2v) is 6.87. The van der Waals surface area contributed by atoms with Gasteiger partial charge in [-0.25, -0.2) is 4.79 Å². The zero-order valence-corrected chi connectivity index (χ0v) is 15.1. The van der Waals surface area contributed by atoms with E-state index in [4.69, 9.17) is 5.11 Å². The van der Waals surface area contributed by atoms with Crippen LogP contribution in [0.4, 0.5) is 4.79 Å². The molecule has 5 nitrogen and oxygen atoms in total. The molecule has 2 aromatic carbocycles. The molecule has 1 unspecified atom stereocenters. The van der Waals surface area contributed by atoms with Crippen LogP contribution in [0.1, 0.15) is 34.7 Å². The number of urea groups is 1. The van der Waals surface area contributed by atoms with Crippen molar-refractivity contribution in [3.63, 3.8) is 0 Å². The Labute approximate surface area is 153 Å². The van der Waals surface area contributed by atoms with Gasteiger partial charge in [-0.2, -0.15) is 0 Å². The molecule has 2 N–H and O–H groups in total. The molecular formula is C21H24N2O3. The highest BCUT2D eigenvalue weighted by molar-refractivity contribution is 5.78. The second kappa shape index (κ2) is 7.60. The fourth-order valence-electron chi connectivity index (χ4n) is 3.51. The summed E-state index contributed by atoms with van der Waals surface area (Å²) in [4.78, 5) is 25.6. The molecule has 0 spiro atoms. The van der Waals surface area contributed by atoms with Gasteiger partial charge in [-0.15, -0.1) is 0 Å². The molecule has 3 rings (SSSR count). The van der Waals surface area contributed by atoms with E-state index in [1.54, 1.807) is 4.90 Å². The third-order valence-corrected chi connectivity index (χ3v) is 5.09. The molecule has 0 bridgehead atoms. The first-order chi connectivity index (χ1) is 12.5. The van der Waals surface area contributed by atoms with Crippen LogP contribution in [0.25, 0.3) is 0 Å². The van der Waals surface area contributed by atoms with E-state index in [9.17, 15) is 9.59 Å². The largest absolute Gasteiger partial charge is 0.481 e. The van der Waals surface area contributed by atoms with Crippen molar-refractivity contribution in [1.29, 1.82) is 0 Å². The van der Waals surface area contributed by atoms with E-state index in [0.29, 0.717) is 13.0 Å². The maximum absolute atomic E-state index is 12.8. The number of nitrogens with zero attached hydrogens (tertiary/aromatic N) is 1. The van der Waals surface area contributed by atoms with Crippen molar-refractivity contribution < 1.29 is 14.7 Å². The minimum atomic E-state index is -0.838. The molecule has 26 heavy (non-hydrogen) atoms. The molecule has 1 atom stereocenters. The van der Waals surface area contributed by atoms with E-state index in [-0.39, 0.29) is 18.6 Å². The Morgan fingerprint density at radius 3 is 2.04 bits per heavy atom. The van der Waals surface area contributed by atoms with Crippen LogP contribution in [0.3, 0.4) is 0 Å². The highest BCUT2D eigenvalue weighted by Crippen LogP contribution is 2.28. The highest BCUT2D eigenvalue weighted by atomic mass is 16.4. The summed E-state index contributed by atoms with van der Waals surface area (Å²) in [5, 5.41) is 12.3. The average Bonchev–Trinajstić information content (AvgIpc) is 3.12. The van der Waals surface area contributed by atoms with Crippen LogP contribution in [0.2, 0.25) is 0 Å². The quantitative estimate of drug-likeness (QED) is 0.885. The molecule has 136 valence electrons. The minimum Gasteiger partial charge on any atom is -0.481 e. The van der Waals surface area contributed by atoms with E-state index in [0.717, 1.165) is 22.3 Å². The summed E-state index contributed by atoms with van der Waals surface area (Å²) in [6, 6.07) is 15.5. The van der Waals surface area contributed by atoms with E-state index in [2.05, 4.69) is 5.32 Å². The van der Waals surface area contributed by atoms with Gasteiger partial charge < -0.3 is 15.3 Å². The zero-order valence-electron chi connectivity index (χ0n) is 15.1. The summed E-state index contributed by atoms with van der Waals surface area (Å²) in [6.45, 7) is 4.79. The Morgan fingerprint density at radius 2 is 1.58 bits per heavy atom. The molecule has 5 heteroatoms. The molecule has 1 aliphatic heterocycles. The smallest absolute Gasteiger partial charge is 0.318 e. The average molecular weight is 352 g/mol. The number of nitrogens with one attached hydrogen (secondary N) is 1. The molecule has 2 aromatic rings. The molecule has 0 aromatic heterocycles. The van der Waals surface area contributed by atoms with Crippen LogP contribution in [0, 0.1) is 19.8 Å². The summed E-state index contributed by atoms with van der Waals surface area (Å²) < 4.78 is 0. The van der Waals surface area contributed by atoms with Crippen molar-refractivity contribution in [2.75, 3.05) is 13.1 Å². The molecule has 1 heterocycles. The molecule has 1 fully saturated rings. The molecule has 0 saturated carbocycles. The highest BCUT2D eigenvalue weighted by Gasteiger charge is 2.32. The zero-order chi connectivity index (χ0) is 18.7. The first-order valence-corrected chi connectivity index (χ1v) is 8.86. The number of amides is 2. The van der Waals surface area contributed by atoms with E-state index in [1.165, 1.54) is 0 Å². The van der Waals surface area contributed by atoms with Crippen molar-refractivity contribution in [2.45, 2.75) is 26.3 Å². The minimum absolute atomic E-state index is 0.217. The van der Waals surface area contributed by atoms with Crippen LogP contribution in [-0.4, -0.2) is 35.1 Å². The van der Waals surface area contributed by atoms with E-state index >= 15 is 0 Å². The van der Waals surface area contributed by atoms with Crippen LogP contribution in [0.5, 0.6) is 0 Å². The summed E-state index contributed by atoms with van der Waals surface area (Å²) in [6.07, 6.45) is 0.502. The normalized spacial score (nSPS) is 16.7. The van der Waals surface area contributed by atoms with Gasteiger partial charge in [0.25, 0.3) is 0 Å². The number of hydrogen-bond acceptors (Lipinski definition) is 2. The number of carbonyl (C=O) groups excluding carboxylic acids is 1. The van der Waals surface area contributed by atoms with E-state index < -0.39 is 11.9 Å². The lowest BCUT2D eigenvalue weighted by atomic mass is 9.92. The Morgan fingerprint density at radius 1 is 1.04 bits per heavy atom. The van der Waals surface area contributed by atoms with Crippen LogP contribution < -0.4 is 5.32 Å². The molecule has 0 radical (unpaired) electrons. The van der Waals surface area contributed by atoms with Gasteiger partial charge in [0.2, 0.25) is 0 Å². The van der Waals surface area contributed by atoms with Gasteiger partial charge in [0, 0.05) is 13.1 Å². The monoisotopic (exact) mass is 352 g/mol. The second-order valence-electron chi connectivity index (χ2n) is 6.87. The summed E-state index contributed by atoms with van der Waals surface area (Å²) in [5.74, 6) is -1.31. The molecule has 1 aliphatic rings. The Balaban J connectivity index is 1.88. The number of likely N-dealkylation sites (tertiary alicyclic amines) is 1. The first-order valence-electron chi connectivity index (χ1n) is 8.86. The topological polar surface area (TPSA) is 69.6 Å². The molecule has 2 amide bonds. The van der Waals surface area contributed by atoms with Gasteiger partial charge >= 0.3 is 12.0 Å². The number of aryl methyl sites for hydroxylation is 2. The van der Waals surface area contributed by atoms with Crippen LogP contribution in [-0.2, 0) is 4.79 Å². The van der Waals surface area contributed by atoms with Crippen molar-refractivity contribution in [3.8, 4) is 0 Å². The van der Waals surface area contributed by atoms with Gasteiger partial charge in [0.15, 0.2) is 0 Å². The predicted molar refractivity (Wildman–Crippen MR) is 100 cm³/mol. The predicted octanol–water partition coefficient (Wildman–Crippen LogP) is 3.51. The van der Waals surface area contributed by atoms with Crippen molar-refractivity contribution in [2.24, 2.45) is 5.92 Å². The van der Waals surface area contributed by atoms with E-state index in [1.807, 2.05) is 62.4 Å². The molecular weight excluding hydrogens is 328 g/mol. The number of hydrogen-bond donors (Lipinski definition) is 2. The lowest BCUT2D eigenvalue weighted by molar-refractivity contribution is -0.141. The number of rotatable bonds is 4. The van der Waals surface area contributed by atoms with Gasteiger partial charge in [0.1, 0.15) is 0 Å². The Bertz CT molecular complexity index is 773. The standard InChI is InChI=1S/C21H24N2O3/c1-14-7-3-5-9-17(14)19(18-10-6-4-8-15(18)2)22-21(26)23-12-11-16(13-23)20(24)25/h3-10,16,19H,11-13H2,1-2H3,(H,22,26)(H,24,25). The number of benzene rings is 2. The Hall–Kier alpha value is -2.82. The van der Waals surface area contributed by atoms with Gasteiger partial charge in [-0.05, 0) is 42.5 Å². The first kappa shape index (κ1) is 18.0. The summed E-state index contributed by atoms with van der Waals surface area (Å²) in [5.41, 5.74) is 4.30. The third-order valence-electron chi connectivity index (χ3n) is 5.09. The third kappa shape index (κ3) is 3.72. The Kier molecular flexibility index (Phi) is 5.26. The maximum atomic E-state index is 12.8. The van der Waals surface area contributed by atoms with Gasteiger partial charge in [-0.3, -0.25) is 4.79 Å². The van der Waals surface area contributed by atoms with Crippen molar-refractivity contribution in [3.05, 3.63) is 70.8 Å². The van der Waals surface area contributed by atoms with Crippen molar-refractivity contribution in [1.82, 2.24) is 10.2 Å². The summed E-state index contributed by atoms with van der Waals surface area (Å²) in [7, 11) is 0. The SMILES string of the molecule is Cc1ccccc1C(NC(=O)N1CCC(C(=O)O)C1)c1ccccc1C. The fraction of sp³-hybridized carbons (Fsp3) is 0.333. The maximum Gasteiger partial charge on any atom is 0.318 e. The van der Waals surface area contributed by atoms with Gasteiger partial charge in [-0.1, -0.05) is 48.5 Å². The lowest BCUT2D eigenvalue weighted by Crippen LogP contribution is -2.41. The fourth-order valence-corrected chi connectivity index (χ4v) is 3.51. The number of aliphatic carboxylic acids is 1.